The largest absolute Gasteiger partial charge is 1.00 e. The van der Waals surface area contributed by atoms with Gasteiger partial charge in [-0.2, -0.15) is 0 Å². The van der Waals surface area contributed by atoms with Crippen LogP contribution in [0.4, 0.5) is 0 Å². The molecule has 122 valence electrons. The van der Waals surface area contributed by atoms with Crippen LogP contribution in [0.2, 0.25) is 0 Å². The summed E-state index contributed by atoms with van der Waals surface area (Å²) < 4.78 is 0. The average Bonchev–Trinajstić information content (AvgIpc) is 3.08. The molecule has 8 unspecified atom stereocenters. The monoisotopic (exact) mass is 460 g/mol. The summed E-state index contributed by atoms with van der Waals surface area (Å²) >= 11 is -0.157. The van der Waals surface area contributed by atoms with Gasteiger partial charge in [0.2, 0.25) is 0 Å². The van der Waals surface area contributed by atoms with Gasteiger partial charge in [-0.25, -0.2) is 0 Å². The zero-order valence-corrected chi connectivity index (χ0v) is 18.8. The summed E-state index contributed by atoms with van der Waals surface area (Å²) in [6, 6.07) is 0. The van der Waals surface area contributed by atoms with Crippen molar-refractivity contribution in [3.05, 3.63) is 48.6 Å². The summed E-state index contributed by atoms with van der Waals surface area (Å²) in [7, 11) is 0. The molecule has 5 heteroatoms. The second-order valence-electron chi connectivity index (χ2n) is 7.18. The maximum absolute atomic E-state index is 2.62. The summed E-state index contributed by atoms with van der Waals surface area (Å²) in [5.41, 5.74) is 2.03. The summed E-state index contributed by atoms with van der Waals surface area (Å²) in [6.07, 6.45) is 26.2. The first-order valence-electron chi connectivity index (χ1n) is 8.40. The number of hydrogen-bond donors (Lipinski definition) is 0. The molecule has 5 rings (SSSR count). The molecule has 23 heavy (non-hydrogen) atoms. The Kier molecular flexibility index (Phi) is 6.54. The molecule has 0 amide bonds. The third kappa shape index (κ3) is 3.33. The van der Waals surface area contributed by atoms with E-state index in [9.17, 15) is 0 Å². The molecule has 0 aromatic heterocycles. The molecule has 3 saturated heterocycles. The second-order valence-corrected chi connectivity index (χ2v) is 24.7. The van der Waals surface area contributed by atoms with Gasteiger partial charge in [-0.1, -0.05) is 0 Å². The zero-order valence-electron chi connectivity index (χ0n) is 13.1. The van der Waals surface area contributed by atoms with Crippen LogP contribution in [0.25, 0.3) is 0 Å². The molecule has 0 aromatic rings. The van der Waals surface area contributed by atoms with Crippen molar-refractivity contribution in [2.45, 2.75) is 24.2 Å². The number of allylic oxidation sites excluding steroid dienone is 8. The zero-order chi connectivity index (χ0) is 13.8. The first-order valence-corrected chi connectivity index (χ1v) is 18.2. The molecule has 5 aliphatic rings. The van der Waals surface area contributed by atoms with E-state index in [4.69, 9.17) is 0 Å². The van der Waals surface area contributed by atoms with E-state index in [1.54, 1.807) is 12.3 Å². The van der Waals surface area contributed by atoms with Crippen molar-refractivity contribution in [2.24, 2.45) is 23.7 Å². The molecule has 0 spiro atoms. The molecule has 0 aromatic carbocycles. The van der Waals surface area contributed by atoms with Gasteiger partial charge in [0, 0.05) is 0 Å². The van der Waals surface area contributed by atoms with Gasteiger partial charge in [-0.3, -0.25) is 0 Å². The van der Waals surface area contributed by atoms with E-state index in [1.807, 2.05) is 0 Å². The molecule has 3 aliphatic heterocycles. The third-order valence-corrected chi connectivity index (χ3v) is 30.8. The van der Waals surface area contributed by atoms with Gasteiger partial charge in [0.15, 0.2) is 0 Å². The normalized spacial score (nSPS) is 47.7. The van der Waals surface area contributed by atoms with E-state index < -0.39 is 0 Å². The van der Waals surface area contributed by atoms with Crippen LogP contribution in [0.3, 0.4) is 0 Å². The van der Waals surface area contributed by atoms with Crippen LogP contribution in [0, 0.1) is 23.7 Å². The van der Waals surface area contributed by atoms with Crippen LogP contribution in [-0.2, 0) is 22.1 Å². The fraction of sp³-hybridized carbons (Fsp3) is 0.556. The third-order valence-electron chi connectivity index (χ3n) is 6.13. The molecular formula is C18H22Cl2P2Zr. The van der Waals surface area contributed by atoms with E-state index in [0.717, 1.165) is 35.0 Å². The van der Waals surface area contributed by atoms with E-state index in [-0.39, 0.29) is 46.9 Å². The molecule has 0 nitrogen and oxygen atoms in total. The Bertz CT molecular complexity index is 511. The van der Waals surface area contributed by atoms with Crippen LogP contribution in [-0.4, -0.2) is 23.6 Å². The molecule has 3 fully saturated rings. The average molecular weight is 462 g/mol. The summed E-state index contributed by atoms with van der Waals surface area (Å²) in [6.45, 7) is 0. The van der Waals surface area contributed by atoms with Crippen molar-refractivity contribution in [2.75, 3.05) is 12.3 Å². The fourth-order valence-electron chi connectivity index (χ4n) is 5.09. The molecule has 4 bridgehead atoms. The Morgan fingerprint density at radius 2 is 1.09 bits per heavy atom. The summed E-state index contributed by atoms with van der Waals surface area (Å²) in [4.78, 5) is 0. The van der Waals surface area contributed by atoms with Gasteiger partial charge in [0.05, 0.1) is 0 Å². The first-order chi connectivity index (χ1) is 10.4. The molecular weight excluding hydrogens is 440 g/mol. The van der Waals surface area contributed by atoms with Gasteiger partial charge in [-0.05, 0) is 0 Å². The van der Waals surface area contributed by atoms with Crippen molar-refractivity contribution in [1.82, 2.24) is 0 Å². The number of fused-ring (bicyclic) bond motifs is 10. The quantitative estimate of drug-likeness (QED) is 0.412. The number of hydrogen-bond acceptors (Lipinski definition) is 0. The Labute approximate surface area is 165 Å². The Hall–Kier alpha value is 1.28. The minimum atomic E-state index is -0.157. The van der Waals surface area contributed by atoms with E-state index in [0.29, 0.717) is 10.4 Å². The molecule has 2 aliphatic carbocycles. The van der Waals surface area contributed by atoms with Crippen LogP contribution < -0.4 is 24.8 Å². The van der Waals surface area contributed by atoms with Crippen molar-refractivity contribution in [3.63, 3.8) is 0 Å². The van der Waals surface area contributed by atoms with Gasteiger partial charge >= 0.3 is 141 Å². The predicted molar refractivity (Wildman–Crippen MR) is 90.9 cm³/mol. The van der Waals surface area contributed by atoms with E-state index >= 15 is 0 Å². The Balaban J connectivity index is 0.000000781. The number of rotatable bonds is 0. The van der Waals surface area contributed by atoms with Crippen molar-refractivity contribution in [1.29, 1.82) is 0 Å². The van der Waals surface area contributed by atoms with Crippen molar-refractivity contribution < 1.29 is 46.9 Å². The summed E-state index contributed by atoms with van der Waals surface area (Å²) in [5.74, 6) is 4.01. The van der Waals surface area contributed by atoms with Crippen LogP contribution in [0.5, 0.6) is 0 Å². The maximum atomic E-state index is 2.62. The van der Waals surface area contributed by atoms with Gasteiger partial charge in [0.1, 0.15) is 0 Å². The first kappa shape index (κ1) is 19.1. The molecule has 8 atom stereocenters. The minimum Gasteiger partial charge on any atom is -1.00 e. The van der Waals surface area contributed by atoms with Crippen LogP contribution in [0.15, 0.2) is 48.6 Å². The van der Waals surface area contributed by atoms with E-state index in [1.165, 1.54) is 12.8 Å². The Morgan fingerprint density at radius 3 is 1.57 bits per heavy atom. The standard InChI is InChI=1S/C18H22P2.2ClH.Zr/c1-3-7-17-15(5-1)13(11-19-17)9-10-14-12-20-18-8-4-2-6-16(14)18;;;/h1-8,13-18H,9-12H2;2*1H;/q-2;;;+4/p-2. The van der Waals surface area contributed by atoms with Gasteiger partial charge in [-0.15, -0.1) is 0 Å². The molecule has 3 heterocycles. The predicted octanol–water partition coefficient (Wildman–Crippen LogP) is -0.854. The fourth-order valence-corrected chi connectivity index (χ4v) is 36.7. The second kappa shape index (κ2) is 7.89. The maximum Gasteiger partial charge on any atom is -1.00 e. The van der Waals surface area contributed by atoms with Crippen LogP contribution in [0.1, 0.15) is 12.8 Å². The number of halogens is 2. The van der Waals surface area contributed by atoms with Crippen molar-refractivity contribution in [3.8, 4) is 0 Å². The Morgan fingerprint density at radius 1 is 0.652 bits per heavy atom. The topological polar surface area (TPSA) is 0 Å². The van der Waals surface area contributed by atoms with E-state index in [2.05, 4.69) is 48.6 Å². The van der Waals surface area contributed by atoms with Gasteiger partial charge < -0.3 is 24.8 Å². The molecule has 0 saturated carbocycles. The molecule has 0 N–H and O–H groups in total. The minimum absolute atomic E-state index is 0. The van der Waals surface area contributed by atoms with Gasteiger partial charge in [0.25, 0.3) is 0 Å². The van der Waals surface area contributed by atoms with Crippen LogP contribution >= 0.6 is 10.4 Å². The van der Waals surface area contributed by atoms with Crippen molar-refractivity contribution >= 4 is 10.4 Å². The smallest absolute Gasteiger partial charge is 1.00 e. The molecule has 0 radical (unpaired) electrons. The SMILES string of the molecule is C1=CC2C3CCC4C[P]([Zr+2][P](C3)C2C=C1)C1C=CC=CC41.[Cl-].[Cl-]. The summed E-state index contributed by atoms with van der Waals surface area (Å²) in [5, 5.41) is 0.877.